The Kier molecular flexibility index (Phi) is 4.83. The summed E-state index contributed by atoms with van der Waals surface area (Å²) in [6.07, 6.45) is 2.14. The van der Waals surface area contributed by atoms with Crippen LogP contribution in [0.25, 0.3) is 0 Å². The summed E-state index contributed by atoms with van der Waals surface area (Å²) >= 11 is 0. The highest BCUT2D eigenvalue weighted by molar-refractivity contribution is 5.97. The van der Waals surface area contributed by atoms with Gasteiger partial charge in [-0.3, -0.25) is 9.59 Å². The van der Waals surface area contributed by atoms with E-state index in [2.05, 4.69) is 6.92 Å². The quantitative estimate of drug-likeness (QED) is 0.915. The number of ether oxygens (including phenoxy) is 1. The summed E-state index contributed by atoms with van der Waals surface area (Å²) in [5.74, 6) is 0.171. The highest BCUT2D eigenvalue weighted by Gasteiger charge is 2.27. The van der Waals surface area contributed by atoms with E-state index in [-0.39, 0.29) is 17.7 Å². The third-order valence-corrected chi connectivity index (χ3v) is 4.09. The van der Waals surface area contributed by atoms with Gasteiger partial charge in [-0.2, -0.15) is 0 Å². The van der Waals surface area contributed by atoms with Gasteiger partial charge >= 0.3 is 0 Å². The van der Waals surface area contributed by atoms with Gasteiger partial charge in [0.2, 0.25) is 5.91 Å². The van der Waals surface area contributed by atoms with Crippen molar-refractivity contribution in [1.82, 2.24) is 4.90 Å². The van der Waals surface area contributed by atoms with Crippen molar-refractivity contribution in [2.75, 3.05) is 20.2 Å². The lowest BCUT2D eigenvalue weighted by Gasteiger charge is -2.31. The topological polar surface area (TPSA) is 72.6 Å². The van der Waals surface area contributed by atoms with Crippen LogP contribution in [0.5, 0.6) is 5.75 Å². The third kappa shape index (κ3) is 3.35. The normalized spacial score (nSPS) is 15.8. The summed E-state index contributed by atoms with van der Waals surface area (Å²) < 4.78 is 5.29. The van der Waals surface area contributed by atoms with Crippen molar-refractivity contribution in [1.29, 1.82) is 0 Å². The van der Waals surface area contributed by atoms with E-state index in [9.17, 15) is 9.59 Å². The zero-order valence-corrected chi connectivity index (χ0v) is 12.6. The molecule has 1 aromatic carbocycles. The van der Waals surface area contributed by atoms with Gasteiger partial charge in [0, 0.05) is 19.0 Å². The second-order valence-electron chi connectivity index (χ2n) is 5.36. The van der Waals surface area contributed by atoms with Crippen LogP contribution in [0.15, 0.2) is 18.2 Å². The van der Waals surface area contributed by atoms with E-state index in [1.165, 1.54) is 0 Å². The van der Waals surface area contributed by atoms with E-state index in [1.54, 1.807) is 12.0 Å². The van der Waals surface area contributed by atoms with Crippen LogP contribution in [0.2, 0.25) is 0 Å². The van der Waals surface area contributed by atoms with Gasteiger partial charge in [0.1, 0.15) is 5.75 Å². The molecular formula is C16H22N2O3. The molecule has 114 valence electrons. The molecule has 0 aromatic heterocycles. The summed E-state index contributed by atoms with van der Waals surface area (Å²) in [7, 11) is 1.57. The Bertz CT molecular complexity index is 534. The molecule has 1 aromatic rings. The maximum Gasteiger partial charge on any atom is 0.257 e. The minimum Gasteiger partial charge on any atom is -0.496 e. The molecule has 1 saturated heterocycles. The Morgan fingerprint density at radius 1 is 1.33 bits per heavy atom. The third-order valence-electron chi connectivity index (χ3n) is 4.09. The number of methoxy groups -OCH3 is 1. The first-order chi connectivity index (χ1) is 10.1. The second kappa shape index (κ2) is 6.61. The number of nitrogens with two attached hydrogens (primary N) is 1. The van der Waals surface area contributed by atoms with Crippen molar-refractivity contribution in [2.45, 2.75) is 26.2 Å². The molecule has 0 atom stereocenters. The summed E-state index contributed by atoms with van der Waals surface area (Å²) in [5.41, 5.74) is 7.02. The molecule has 1 aliphatic heterocycles. The van der Waals surface area contributed by atoms with Crippen molar-refractivity contribution in [3.63, 3.8) is 0 Å². The fraction of sp³-hybridized carbons (Fsp3) is 0.500. The number of hydrogen-bond acceptors (Lipinski definition) is 3. The van der Waals surface area contributed by atoms with Gasteiger partial charge in [0.15, 0.2) is 0 Å². The van der Waals surface area contributed by atoms with Crippen molar-refractivity contribution < 1.29 is 14.3 Å². The number of primary amides is 1. The number of hydrogen-bond donors (Lipinski definition) is 1. The van der Waals surface area contributed by atoms with Crippen LogP contribution in [0.4, 0.5) is 0 Å². The number of carbonyl (C=O) groups is 2. The van der Waals surface area contributed by atoms with E-state index >= 15 is 0 Å². The molecule has 21 heavy (non-hydrogen) atoms. The number of aryl methyl sites for hydroxylation is 1. The number of likely N-dealkylation sites (tertiary alicyclic amines) is 1. The van der Waals surface area contributed by atoms with Crippen molar-refractivity contribution in [2.24, 2.45) is 11.7 Å². The van der Waals surface area contributed by atoms with Crippen LogP contribution in [0.1, 0.15) is 35.7 Å². The van der Waals surface area contributed by atoms with Crippen molar-refractivity contribution in [3.05, 3.63) is 29.3 Å². The molecule has 2 N–H and O–H groups in total. The average molecular weight is 290 g/mol. The van der Waals surface area contributed by atoms with Crippen molar-refractivity contribution in [3.8, 4) is 5.75 Å². The predicted molar refractivity (Wildman–Crippen MR) is 80.2 cm³/mol. The maximum atomic E-state index is 12.7. The van der Waals surface area contributed by atoms with E-state index in [0.29, 0.717) is 37.2 Å². The molecule has 1 aliphatic rings. The smallest absolute Gasteiger partial charge is 0.257 e. The molecule has 1 fully saturated rings. The van der Waals surface area contributed by atoms with Gasteiger partial charge < -0.3 is 15.4 Å². The monoisotopic (exact) mass is 290 g/mol. The Hall–Kier alpha value is -2.04. The van der Waals surface area contributed by atoms with Gasteiger partial charge in [-0.25, -0.2) is 0 Å². The maximum absolute atomic E-state index is 12.7. The molecule has 0 unspecified atom stereocenters. The molecule has 2 rings (SSSR count). The molecule has 0 radical (unpaired) electrons. The minimum absolute atomic E-state index is 0.0370. The number of nitrogens with zero attached hydrogens (tertiary/aromatic N) is 1. The van der Waals surface area contributed by atoms with E-state index in [4.69, 9.17) is 10.5 Å². The fourth-order valence-electron chi connectivity index (χ4n) is 2.68. The van der Waals surface area contributed by atoms with Crippen LogP contribution in [-0.4, -0.2) is 36.9 Å². The van der Waals surface area contributed by atoms with Crippen molar-refractivity contribution >= 4 is 11.8 Å². The molecule has 2 amide bonds. The highest BCUT2D eigenvalue weighted by Crippen LogP contribution is 2.25. The lowest BCUT2D eigenvalue weighted by atomic mass is 9.95. The van der Waals surface area contributed by atoms with Crippen LogP contribution in [-0.2, 0) is 11.2 Å². The molecule has 0 aliphatic carbocycles. The molecule has 0 saturated carbocycles. The van der Waals surface area contributed by atoms with Crippen LogP contribution in [0, 0.1) is 5.92 Å². The van der Waals surface area contributed by atoms with Gasteiger partial charge in [0.25, 0.3) is 5.91 Å². The van der Waals surface area contributed by atoms with Crippen LogP contribution < -0.4 is 10.5 Å². The Labute approximate surface area is 125 Å². The van der Waals surface area contributed by atoms with Gasteiger partial charge in [-0.1, -0.05) is 13.0 Å². The summed E-state index contributed by atoms with van der Waals surface area (Å²) in [6.45, 7) is 3.17. The standard InChI is InChI=1S/C16H22N2O3/c1-3-11-4-5-14(21-2)13(10-11)16(20)18-8-6-12(7-9-18)15(17)19/h4-5,10,12H,3,6-9H2,1-2H3,(H2,17,19). The number of carbonyl (C=O) groups excluding carboxylic acids is 2. The van der Waals surface area contributed by atoms with Gasteiger partial charge in [-0.05, 0) is 37.0 Å². The molecule has 5 heteroatoms. The fourth-order valence-corrected chi connectivity index (χ4v) is 2.68. The first kappa shape index (κ1) is 15.4. The summed E-state index contributed by atoms with van der Waals surface area (Å²) in [6, 6.07) is 5.69. The number of benzene rings is 1. The van der Waals surface area contributed by atoms with E-state index < -0.39 is 0 Å². The first-order valence-electron chi connectivity index (χ1n) is 7.32. The molecule has 5 nitrogen and oxygen atoms in total. The zero-order chi connectivity index (χ0) is 15.4. The Morgan fingerprint density at radius 3 is 2.52 bits per heavy atom. The number of amides is 2. The van der Waals surface area contributed by atoms with Crippen LogP contribution >= 0.6 is 0 Å². The lowest BCUT2D eigenvalue weighted by Crippen LogP contribution is -2.41. The largest absolute Gasteiger partial charge is 0.496 e. The molecular weight excluding hydrogens is 268 g/mol. The van der Waals surface area contributed by atoms with Gasteiger partial charge in [0.05, 0.1) is 12.7 Å². The SMILES string of the molecule is CCc1ccc(OC)c(C(=O)N2CCC(C(N)=O)CC2)c1. The Balaban J connectivity index is 2.15. The summed E-state index contributed by atoms with van der Waals surface area (Å²) in [4.78, 5) is 25.6. The number of rotatable bonds is 4. The average Bonchev–Trinajstić information content (AvgIpc) is 2.53. The Morgan fingerprint density at radius 2 is 2.00 bits per heavy atom. The van der Waals surface area contributed by atoms with Crippen LogP contribution in [0.3, 0.4) is 0 Å². The molecule has 0 spiro atoms. The van der Waals surface area contributed by atoms with Gasteiger partial charge in [-0.15, -0.1) is 0 Å². The second-order valence-corrected chi connectivity index (χ2v) is 5.36. The lowest BCUT2D eigenvalue weighted by molar-refractivity contribution is -0.123. The molecule has 1 heterocycles. The molecule has 0 bridgehead atoms. The summed E-state index contributed by atoms with van der Waals surface area (Å²) in [5, 5.41) is 0. The highest BCUT2D eigenvalue weighted by atomic mass is 16.5. The van der Waals surface area contributed by atoms with E-state index in [0.717, 1.165) is 12.0 Å². The predicted octanol–water partition coefficient (Wildman–Crippen LogP) is 1.60. The first-order valence-corrected chi connectivity index (χ1v) is 7.32. The zero-order valence-electron chi connectivity index (χ0n) is 12.6. The minimum atomic E-state index is -0.271. The van der Waals surface area contributed by atoms with E-state index in [1.807, 2.05) is 18.2 Å². The number of piperidine rings is 1.